The quantitative estimate of drug-likeness (QED) is 0.546. The molecule has 1 amide bonds. The average molecular weight is 234 g/mol. The van der Waals surface area contributed by atoms with E-state index in [0.717, 1.165) is 6.08 Å². The summed E-state index contributed by atoms with van der Waals surface area (Å²) >= 11 is 0. The Morgan fingerprint density at radius 2 is 2.18 bits per heavy atom. The van der Waals surface area contributed by atoms with Gasteiger partial charge in [-0.15, -0.1) is 0 Å². The number of aldehydes is 1. The summed E-state index contributed by atoms with van der Waals surface area (Å²) in [5, 5.41) is 11.2. The predicted octanol–water partition coefficient (Wildman–Crippen LogP) is -0.135. The van der Waals surface area contributed by atoms with Crippen LogP contribution in [0.4, 0.5) is 0 Å². The van der Waals surface area contributed by atoms with Crippen molar-refractivity contribution in [3.05, 3.63) is 36.2 Å². The molecule has 0 radical (unpaired) electrons. The van der Waals surface area contributed by atoms with Gasteiger partial charge in [-0.2, -0.15) is 0 Å². The van der Waals surface area contributed by atoms with Crippen molar-refractivity contribution in [2.24, 2.45) is 0 Å². The van der Waals surface area contributed by atoms with Gasteiger partial charge < -0.3 is 15.2 Å². The zero-order valence-electron chi connectivity index (χ0n) is 8.79. The van der Waals surface area contributed by atoms with Crippen LogP contribution in [0.5, 0.6) is 0 Å². The fraction of sp³-hybridized carbons (Fsp3) is 0.0909. The molecule has 1 heterocycles. The minimum atomic E-state index is -1.26. The van der Waals surface area contributed by atoms with Gasteiger partial charge in [0.25, 0.3) is 0 Å². The van der Waals surface area contributed by atoms with Gasteiger partial charge >= 0.3 is 5.97 Å². The molecule has 0 saturated carbocycles. The molecule has 6 heteroatoms. The first kappa shape index (κ1) is 12.6. The number of carbonyl (C=O) groups is 3. The molecule has 0 saturated heterocycles. The van der Waals surface area contributed by atoms with Crippen LogP contribution in [0.1, 0.15) is 5.69 Å². The Hall–Kier alpha value is -2.50. The Kier molecular flexibility index (Phi) is 4.56. The van der Waals surface area contributed by atoms with E-state index >= 15 is 0 Å². The standard InChI is InChI=1S/C11H10N2O4/c14-6-5-13-10(15)7-8(11(16)17)9-3-1-2-4-12-9/h1-4,6-7H,5H2,(H,13,15)(H,16,17)/b8-7-. The van der Waals surface area contributed by atoms with Crippen molar-refractivity contribution in [3.63, 3.8) is 0 Å². The van der Waals surface area contributed by atoms with E-state index in [2.05, 4.69) is 10.3 Å². The largest absolute Gasteiger partial charge is 0.478 e. The Labute approximate surface area is 97.0 Å². The van der Waals surface area contributed by atoms with Crippen molar-refractivity contribution in [2.45, 2.75) is 0 Å². The molecule has 88 valence electrons. The lowest BCUT2D eigenvalue weighted by Crippen LogP contribution is -2.23. The van der Waals surface area contributed by atoms with E-state index in [1.807, 2.05) is 0 Å². The highest BCUT2D eigenvalue weighted by atomic mass is 16.4. The first-order valence-corrected chi connectivity index (χ1v) is 4.73. The molecule has 0 aromatic carbocycles. The van der Waals surface area contributed by atoms with Crippen molar-refractivity contribution in [3.8, 4) is 0 Å². The molecule has 17 heavy (non-hydrogen) atoms. The number of carboxylic acid groups (broad SMARTS) is 1. The summed E-state index contributed by atoms with van der Waals surface area (Å²) in [6.07, 6.45) is 2.83. The smallest absolute Gasteiger partial charge is 0.338 e. The van der Waals surface area contributed by atoms with Gasteiger partial charge in [0.15, 0.2) is 0 Å². The minimum Gasteiger partial charge on any atom is -0.478 e. The minimum absolute atomic E-state index is 0.162. The number of hydrogen-bond acceptors (Lipinski definition) is 4. The van der Waals surface area contributed by atoms with Gasteiger partial charge in [-0.05, 0) is 12.1 Å². The van der Waals surface area contributed by atoms with Gasteiger partial charge in [-0.1, -0.05) is 6.07 Å². The summed E-state index contributed by atoms with van der Waals surface area (Å²) < 4.78 is 0. The molecule has 0 bridgehead atoms. The molecule has 0 atom stereocenters. The van der Waals surface area contributed by atoms with Crippen LogP contribution in [0.3, 0.4) is 0 Å². The summed E-state index contributed by atoms with van der Waals surface area (Å²) in [6, 6.07) is 4.73. The molecule has 0 aliphatic rings. The maximum absolute atomic E-state index is 11.3. The first-order chi connectivity index (χ1) is 8.15. The normalized spacial score (nSPS) is 10.7. The van der Waals surface area contributed by atoms with E-state index in [4.69, 9.17) is 5.11 Å². The van der Waals surface area contributed by atoms with Gasteiger partial charge in [0, 0.05) is 12.3 Å². The molecular formula is C11H10N2O4. The lowest BCUT2D eigenvalue weighted by Gasteiger charge is -2.01. The van der Waals surface area contributed by atoms with Crippen LogP contribution in [0, 0.1) is 0 Å². The van der Waals surface area contributed by atoms with Crippen molar-refractivity contribution in [1.82, 2.24) is 10.3 Å². The lowest BCUT2D eigenvalue weighted by atomic mass is 10.1. The number of nitrogens with one attached hydrogen (secondary N) is 1. The molecule has 0 unspecified atom stereocenters. The topological polar surface area (TPSA) is 96.4 Å². The zero-order chi connectivity index (χ0) is 12.7. The van der Waals surface area contributed by atoms with Crippen LogP contribution in [0.2, 0.25) is 0 Å². The van der Waals surface area contributed by atoms with E-state index in [0.29, 0.717) is 6.29 Å². The molecule has 2 N–H and O–H groups in total. The fourth-order valence-electron chi connectivity index (χ4n) is 1.09. The van der Waals surface area contributed by atoms with E-state index in [-0.39, 0.29) is 17.8 Å². The van der Waals surface area contributed by atoms with E-state index in [9.17, 15) is 14.4 Å². The Balaban J connectivity index is 2.94. The highest BCUT2D eigenvalue weighted by molar-refractivity contribution is 6.19. The molecule has 1 aromatic heterocycles. The molecule has 0 aliphatic carbocycles. The summed E-state index contributed by atoms with van der Waals surface area (Å²) in [5.41, 5.74) is -0.0461. The maximum atomic E-state index is 11.3. The monoisotopic (exact) mass is 234 g/mol. The third-order valence-electron chi connectivity index (χ3n) is 1.81. The summed E-state index contributed by atoms with van der Waals surface area (Å²) in [6.45, 7) is -0.162. The van der Waals surface area contributed by atoms with E-state index in [1.165, 1.54) is 12.3 Å². The third kappa shape index (κ3) is 3.86. The second-order valence-electron chi connectivity index (χ2n) is 2.99. The molecule has 0 aliphatic heterocycles. The number of pyridine rings is 1. The van der Waals surface area contributed by atoms with Crippen LogP contribution in [0.15, 0.2) is 30.5 Å². The number of amides is 1. The SMILES string of the molecule is O=CCNC(=O)/C=C(\C(=O)O)c1ccccn1. The second kappa shape index (κ2) is 6.16. The summed E-state index contributed by atoms with van der Waals surface area (Å²) in [7, 11) is 0. The average Bonchev–Trinajstić information content (AvgIpc) is 2.34. The van der Waals surface area contributed by atoms with Gasteiger partial charge in [0.05, 0.1) is 17.8 Å². The summed E-state index contributed by atoms with van der Waals surface area (Å²) in [4.78, 5) is 36.1. The van der Waals surface area contributed by atoms with Gasteiger partial charge in [0.2, 0.25) is 5.91 Å². The maximum Gasteiger partial charge on any atom is 0.338 e. The van der Waals surface area contributed by atoms with Crippen molar-refractivity contribution < 1.29 is 19.5 Å². The number of aromatic nitrogens is 1. The van der Waals surface area contributed by atoms with E-state index < -0.39 is 11.9 Å². The van der Waals surface area contributed by atoms with Crippen LogP contribution >= 0.6 is 0 Å². The number of aliphatic carboxylic acids is 1. The van der Waals surface area contributed by atoms with Crippen molar-refractivity contribution in [2.75, 3.05) is 6.54 Å². The van der Waals surface area contributed by atoms with Crippen LogP contribution < -0.4 is 5.32 Å². The zero-order valence-corrected chi connectivity index (χ0v) is 8.79. The predicted molar refractivity (Wildman–Crippen MR) is 58.9 cm³/mol. The number of carbonyl (C=O) groups excluding carboxylic acids is 2. The summed E-state index contributed by atoms with van der Waals surface area (Å²) in [5.74, 6) is -1.91. The Morgan fingerprint density at radius 3 is 2.71 bits per heavy atom. The van der Waals surface area contributed by atoms with Crippen LogP contribution in [-0.4, -0.2) is 34.8 Å². The molecular weight excluding hydrogens is 224 g/mol. The Bertz CT molecular complexity index is 454. The van der Waals surface area contributed by atoms with Crippen LogP contribution in [-0.2, 0) is 14.4 Å². The molecule has 1 aromatic rings. The van der Waals surface area contributed by atoms with Gasteiger partial charge in [-0.3, -0.25) is 9.78 Å². The lowest BCUT2D eigenvalue weighted by molar-refractivity contribution is -0.130. The fourth-order valence-corrected chi connectivity index (χ4v) is 1.09. The molecule has 1 rings (SSSR count). The molecule has 0 spiro atoms. The molecule has 0 fully saturated rings. The number of nitrogens with zero attached hydrogens (tertiary/aromatic N) is 1. The Morgan fingerprint density at radius 1 is 1.41 bits per heavy atom. The second-order valence-corrected chi connectivity index (χ2v) is 2.99. The van der Waals surface area contributed by atoms with Crippen LogP contribution in [0.25, 0.3) is 5.57 Å². The highest BCUT2D eigenvalue weighted by Crippen LogP contribution is 2.10. The number of rotatable bonds is 5. The van der Waals surface area contributed by atoms with Gasteiger partial charge in [0.1, 0.15) is 6.29 Å². The van der Waals surface area contributed by atoms with Gasteiger partial charge in [-0.25, -0.2) is 4.79 Å². The number of hydrogen-bond donors (Lipinski definition) is 2. The highest BCUT2D eigenvalue weighted by Gasteiger charge is 2.13. The number of carboxylic acids is 1. The van der Waals surface area contributed by atoms with E-state index in [1.54, 1.807) is 12.1 Å². The first-order valence-electron chi connectivity index (χ1n) is 4.73. The third-order valence-corrected chi connectivity index (χ3v) is 1.81. The van der Waals surface area contributed by atoms with Crippen molar-refractivity contribution >= 4 is 23.7 Å². The molecule has 6 nitrogen and oxygen atoms in total. The van der Waals surface area contributed by atoms with Crippen molar-refractivity contribution in [1.29, 1.82) is 0 Å².